The van der Waals surface area contributed by atoms with Crippen LogP contribution >= 0.6 is 0 Å². The first kappa shape index (κ1) is 23.3. The second kappa shape index (κ2) is 10.5. The molecular weight excluding hydrogens is 443 g/mol. The van der Waals surface area contributed by atoms with Crippen molar-refractivity contribution in [2.45, 2.75) is 19.6 Å². The fraction of sp³-hybridized carbons (Fsp3) is 0.321. The molecule has 6 nitrogen and oxygen atoms in total. The van der Waals surface area contributed by atoms with Crippen LogP contribution in [0.25, 0.3) is 11.0 Å². The molecule has 0 bridgehead atoms. The summed E-state index contributed by atoms with van der Waals surface area (Å²) in [6, 6.07) is 21.4. The maximum atomic E-state index is 14.3. The van der Waals surface area contributed by atoms with E-state index >= 15 is 0 Å². The Morgan fingerprint density at radius 1 is 0.771 bits per heavy atom. The second-order valence-electron chi connectivity index (χ2n) is 8.92. The Morgan fingerprint density at radius 3 is 2.26 bits per heavy atom. The molecule has 0 radical (unpaired) electrons. The van der Waals surface area contributed by atoms with Gasteiger partial charge in [-0.05, 0) is 36.4 Å². The smallest absolute Gasteiger partial charge is 0.127 e. The zero-order valence-electron chi connectivity index (χ0n) is 20.3. The summed E-state index contributed by atoms with van der Waals surface area (Å²) < 4.78 is 27.4. The number of hydrogen-bond donors (Lipinski definition) is 0. The van der Waals surface area contributed by atoms with Crippen molar-refractivity contribution < 1.29 is 13.9 Å². The first-order valence-electron chi connectivity index (χ1n) is 12.0. The third-order valence-electron chi connectivity index (χ3n) is 6.73. The quantitative estimate of drug-likeness (QED) is 0.375. The highest BCUT2D eigenvalue weighted by molar-refractivity contribution is 5.76. The van der Waals surface area contributed by atoms with Crippen molar-refractivity contribution in [1.82, 2.24) is 19.4 Å². The summed E-state index contributed by atoms with van der Waals surface area (Å²) in [6.07, 6.45) is 0. The van der Waals surface area contributed by atoms with E-state index in [2.05, 4.69) is 38.6 Å². The van der Waals surface area contributed by atoms with Gasteiger partial charge in [-0.15, -0.1) is 0 Å². The van der Waals surface area contributed by atoms with E-state index < -0.39 is 0 Å². The lowest BCUT2D eigenvalue weighted by Crippen LogP contribution is -2.45. The fourth-order valence-electron chi connectivity index (χ4n) is 4.77. The molecule has 5 rings (SSSR count). The molecule has 7 heteroatoms. The number of para-hydroxylation sites is 3. The molecule has 1 aliphatic rings. The maximum absolute atomic E-state index is 14.3. The van der Waals surface area contributed by atoms with Gasteiger partial charge in [0.05, 0.1) is 38.3 Å². The highest BCUT2D eigenvalue weighted by Gasteiger charge is 2.21. The van der Waals surface area contributed by atoms with Crippen molar-refractivity contribution in [3.63, 3.8) is 0 Å². The number of hydrogen-bond acceptors (Lipinski definition) is 5. The number of nitrogens with zero attached hydrogens (tertiary/aromatic N) is 4. The average Bonchev–Trinajstić information content (AvgIpc) is 3.23. The summed E-state index contributed by atoms with van der Waals surface area (Å²) in [5.74, 6) is 2.44. The van der Waals surface area contributed by atoms with E-state index in [4.69, 9.17) is 14.5 Å². The Kier molecular flexibility index (Phi) is 6.97. The Morgan fingerprint density at radius 2 is 1.49 bits per heavy atom. The monoisotopic (exact) mass is 474 g/mol. The molecule has 1 aromatic heterocycles. The molecule has 35 heavy (non-hydrogen) atoms. The fourth-order valence-corrected chi connectivity index (χ4v) is 4.77. The van der Waals surface area contributed by atoms with E-state index in [-0.39, 0.29) is 5.82 Å². The number of piperazine rings is 1. The van der Waals surface area contributed by atoms with Crippen LogP contribution in [0.5, 0.6) is 11.5 Å². The van der Waals surface area contributed by atoms with Crippen LogP contribution in [0.2, 0.25) is 0 Å². The van der Waals surface area contributed by atoms with Crippen LogP contribution in [0.15, 0.2) is 66.7 Å². The molecule has 4 aromatic rings. The highest BCUT2D eigenvalue weighted by atomic mass is 19.1. The molecule has 1 aliphatic heterocycles. The lowest BCUT2D eigenvalue weighted by Gasteiger charge is -2.34. The molecule has 182 valence electrons. The number of methoxy groups -OCH3 is 2. The minimum Gasteiger partial charge on any atom is -0.497 e. The van der Waals surface area contributed by atoms with Crippen LogP contribution in [0.3, 0.4) is 0 Å². The normalized spacial score (nSPS) is 14.9. The van der Waals surface area contributed by atoms with Crippen molar-refractivity contribution in [1.29, 1.82) is 0 Å². The van der Waals surface area contributed by atoms with Crippen molar-refractivity contribution in [3.8, 4) is 11.5 Å². The SMILES string of the molecule is COc1ccc(F)c(CN2CCN(Cc3nc4ccccc4n3Cc3ccccc3OC)CC2)c1. The van der Waals surface area contributed by atoms with Gasteiger partial charge in [0.1, 0.15) is 23.1 Å². The van der Waals surface area contributed by atoms with E-state index in [1.807, 2.05) is 24.3 Å². The molecule has 1 fully saturated rings. The summed E-state index contributed by atoms with van der Waals surface area (Å²) in [7, 11) is 3.32. The average molecular weight is 475 g/mol. The molecule has 0 unspecified atom stereocenters. The van der Waals surface area contributed by atoms with E-state index in [1.54, 1.807) is 26.4 Å². The molecule has 0 spiro atoms. The zero-order chi connectivity index (χ0) is 24.2. The number of benzene rings is 3. The van der Waals surface area contributed by atoms with Gasteiger partial charge in [-0.2, -0.15) is 0 Å². The van der Waals surface area contributed by atoms with Crippen molar-refractivity contribution in [3.05, 3.63) is 89.5 Å². The van der Waals surface area contributed by atoms with Crippen LogP contribution in [-0.2, 0) is 19.6 Å². The number of aromatic nitrogens is 2. The van der Waals surface area contributed by atoms with Gasteiger partial charge < -0.3 is 14.0 Å². The van der Waals surface area contributed by atoms with Gasteiger partial charge in [-0.25, -0.2) is 9.37 Å². The van der Waals surface area contributed by atoms with Crippen LogP contribution in [0.4, 0.5) is 4.39 Å². The second-order valence-corrected chi connectivity index (χ2v) is 8.92. The number of halogens is 1. The van der Waals surface area contributed by atoms with Crippen molar-refractivity contribution >= 4 is 11.0 Å². The van der Waals surface area contributed by atoms with Crippen LogP contribution in [0, 0.1) is 5.82 Å². The maximum Gasteiger partial charge on any atom is 0.127 e. The molecule has 0 atom stereocenters. The third-order valence-corrected chi connectivity index (χ3v) is 6.73. The molecule has 2 heterocycles. The summed E-state index contributed by atoms with van der Waals surface area (Å²) in [5.41, 5.74) is 3.94. The Hall–Kier alpha value is -3.42. The first-order valence-corrected chi connectivity index (χ1v) is 12.0. The predicted octanol–water partition coefficient (Wildman–Crippen LogP) is 4.56. The lowest BCUT2D eigenvalue weighted by atomic mass is 10.1. The molecule has 0 amide bonds. The van der Waals surface area contributed by atoms with E-state index in [0.29, 0.717) is 24.4 Å². The Labute approximate surface area is 205 Å². The number of rotatable bonds is 8. The predicted molar refractivity (Wildman–Crippen MR) is 135 cm³/mol. The van der Waals surface area contributed by atoms with Gasteiger partial charge in [0, 0.05) is 43.9 Å². The van der Waals surface area contributed by atoms with Gasteiger partial charge in [0.15, 0.2) is 0 Å². The summed E-state index contributed by atoms with van der Waals surface area (Å²) in [4.78, 5) is 9.71. The van der Waals surface area contributed by atoms with E-state index in [0.717, 1.165) is 60.9 Å². The minimum atomic E-state index is -0.182. The molecule has 0 aliphatic carbocycles. The van der Waals surface area contributed by atoms with Crippen LogP contribution in [0.1, 0.15) is 17.0 Å². The van der Waals surface area contributed by atoms with Gasteiger partial charge in [-0.3, -0.25) is 9.80 Å². The molecule has 1 saturated heterocycles. The van der Waals surface area contributed by atoms with Crippen molar-refractivity contribution in [2.75, 3.05) is 40.4 Å². The standard InChI is InChI=1S/C28H31FN4O2/c1-34-23-11-12-24(29)22(17-23)18-31-13-15-32(16-14-31)20-28-30-25-8-4-5-9-26(25)33(28)19-21-7-3-6-10-27(21)35-2/h3-12,17H,13-16,18-20H2,1-2H3. The third kappa shape index (κ3) is 5.16. The van der Waals surface area contributed by atoms with Gasteiger partial charge in [0.2, 0.25) is 0 Å². The summed E-state index contributed by atoms with van der Waals surface area (Å²) >= 11 is 0. The van der Waals surface area contributed by atoms with Gasteiger partial charge >= 0.3 is 0 Å². The van der Waals surface area contributed by atoms with Crippen LogP contribution in [-0.4, -0.2) is 59.7 Å². The zero-order valence-corrected chi connectivity index (χ0v) is 20.3. The molecular formula is C28H31FN4O2. The van der Waals surface area contributed by atoms with Gasteiger partial charge in [0.25, 0.3) is 0 Å². The van der Waals surface area contributed by atoms with Gasteiger partial charge in [-0.1, -0.05) is 30.3 Å². The lowest BCUT2D eigenvalue weighted by molar-refractivity contribution is 0.118. The summed E-state index contributed by atoms with van der Waals surface area (Å²) in [6.45, 7) is 5.63. The highest BCUT2D eigenvalue weighted by Crippen LogP contribution is 2.24. The number of imidazole rings is 1. The Balaban J connectivity index is 1.30. The van der Waals surface area contributed by atoms with Crippen LogP contribution < -0.4 is 9.47 Å². The number of fused-ring (bicyclic) bond motifs is 1. The minimum absolute atomic E-state index is 0.182. The molecule has 0 saturated carbocycles. The van der Waals surface area contributed by atoms with E-state index in [9.17, 15) is 4.39 Å². The summed E-state index contributed by atoms with van der Waals surface area (Å²) in [5, 5.41) is 0. The first-order chi connectivity index (χ1) is 17.1. The largest absolute Gasteiger partial charge is 0.497 e. The Bertz CT molecular complexity index is 1300. The number of ether oxygens (including phenoxy) is 2. The molecule has 0 N–H and O–H groups in total. The molecule has 3 aromatic carbocycles. The topological polar surface area (TPSA) is 42.8 Å². The van der Waals surface area contributed by atoms with Crippen molar-refractivity contribution in [2.24, 2.45) is 0 Å². The van der Waals surface area contributed by atoms with E-state index in [1.165, 1.54) is 6.07 Å².